The number of amides is 1. The number of carbonyl (C=O) groups excluding carboxylic acids is 1. The zero-order valence-corrected chi connectivity index (χ0v) is 15.5. The molecule has 1 aromatic heterocycles. The van der Waals surface area contributed by atoms with Gasteiger partial charge in [-0.1, -0.05) is 24.3 Å². The summed E-state index contributed by atoms with van der Waals surface area (Å²) in [6.45, 7) is 3.89. The maximum atomic E-state index is 12.1. The van der Waals surface area contributed by atoms with Crippen LogP contribution in [0.15, 0.2) is 54.6 Å². The largest absolute Gasteiger partial charge is 0.483 e. The molecular formula is C21H21N3O3. The molecule has 1 heterocycles. The van der Waals surface area contributed by atoms with Crippen molar-refractivity contribution in [3.8, 4) is 22.9 Å². The summed E-state index contributed by atoms with van der Waals surface area (Å²) in [5.74, 6) is 0.970. The van der Waals surface area contributed by atoms with Crippen molar-refractivity contribution in [3.05, 3.63) is 65.7 Å². The Kier molecular flexibility index (Phi) is 5.66. The minimum Gasteiger partial charge on any atom is -0.483 e. The van der Waals surface area contributed by atoms with Crippen LogP contribution in [0.4, 0.5) is 5.69 Å². The van der Waals surface area contributed by atoms with Crippen LogP contribution in [-0.2, 0) is 4.79 Å². The molecule has 27 heavy (non-hydrogen) atoms. The molecule has 0 fully saturated rings. The number of rotatable bonds is 6. The predicted octanol–water partition coefficient (Wildman–Crippen LogP) is 3.79. The first kappa shape index (κ1) is 18.4. The number of methoxy groups -OCH3 is 1. The van der Waals surface area contributed by atoms with Gasteiger partial charge in [-0.25, -0.2) is 0 Å². The Morgan fingerprint density at radius 2 is 1.78 bits per heavy atom. The first-order chi connectivity index (χ1) is 13.0. The molecule has 3 rings (SSSR count). The number of hydrogen-bond donors (Lipinski definition) is 1. The molecule has 0 aliphatic heterocycles. The van der Waals surface area contributed by atoms with Gasteiger partial charge in [0.05, 0.1) is 12.8 Å². The number of hydrogen-bond acceptors (Lipinski definition) is 5. The van der Waals surface area contributed by atoms with Crippen LogP contribution < -0.4 is 14.8 Å². The van der Waals surface area contributed by atoms with Crippen molar-refractivity contribution in [1.82, 2.24) is 10.2 Å². The molecule has 1 N–H and O–H groups in total. The Morgan fingerprint density at radius 3 is 2.44 bits per heavy atom. The first-order valence-electron chi connectivity index (χ1n) is 8.53. The van der Waals surface area contributed by atoms with E-state index in [0.717, 1.165) is 28.1 Å². The highest BCUT2D eigenvalue weighted by Crippen LogP contribution is 2.21. The van der Waals surface area contributed by atoms with Crippen molar-refractivity contribution in [3.63, 3.8) is 0 Å². The third-order valence-electron chi connectivity index (χ3n) is 4.02. The second-order valence-electron chi connectivity index (χ2n) is 6.14. The average Bonchev–Trinajstić information content (AvgIpc) is 2.69. The van der Waals surface area contributed by atoms with Crippen LogP contribution in [0.3, 0.4) is 0 Å². The van der Waals surface area contributed by atoms with Gasteiger partial charge < -0.3 is 14.8 Å². The van der Waals surface area contributed by atoms with E-state index in [1.165, 1.54) is 0 Å². The molecule has 0 aliphatic rings. The van der Waals surface area contributed by atoms with Crippen LogP contribution >= 0.6 is 0 Å². The van der Waals surface area contributed by atoms with Gasteiger partial charge in [0, 0.05) is 17.3 Å². The molecule has 0 bridgehead atoms. The van der Waals surface area contributed by atoms with Crippen molar-refractivity contribution in [2.24, 2.45) is 0 Å². The molecule has 3 aromatic rings. The number of ether oxygens (including phenoxy) is 2. The molecule has 6 heteroatoms. The lowest BCUT2D eigenvalue weighted by Gasteiger charge is -2.10. The van der Waals surface area contributed by atoms with E-state index >= 15 is 0 Å². The summed E-state index contributed by atoms with van der Waals surface area (Å²) in [6.07, 6.45) is 0. The summed E-state index contributed by atoms with van der Waals surface area (Å²) in [4.78, 5) is 12.1. The Labute approximate surface area is 158 Å². The van der Waals surface area contributed by atoms with Crippen LogP contribution in [0.5, 0.6) is 11.6 Å². The van der Waals surface area contributed by atoms with Crippen LogP contribution in [0.25, 0.3) is 11.3 Å². The van der Waals surface area contributed by atoms with Gasteiger partial charge in [0.15, 0.2) is 6.61 Å². The lowest BCUT2D eigenvalue weighted by Crippen LogP contribution is -2.20. The molecule has 0 unspecified atom stereocenters. The number of carbonyl (C=O) groups is 1. The van der Waals surface area contributed by atoms with E-state index in [0.29, 0.717) is 11.6 Å². The highest BCUT2D eigenvalue weighted by molar-refractivity contribution is 5.92. The molecule has 2 aromatic carbocycles. The maximum absolute atomic E-state index is 12.1. The van der Waals surface area contributed by atoms with Crippen molar-refractivity contribution in [2.45, 2.75) is 13.8 Å². The number of aryl methyl sites for hydroxylation is 2. The molecule has 0 aliphatic carbocycles. The monoisotopic (exact) mass is 363 g/mol. The van der Waals surface area contributed by atoms with Crippen LogP contribution in [0.2, 0.25) is 0 Å². The standard InChI is InChI=1S/C21H21N3O3/c1-14-4-5-15(2)19(12-14)27-13-20(25)22-17-8-6-16(7-9-17)18-10-11-21(26-3)24-23-18/h4-12H,13H2,1-3H3,(H,22,25). The summed E-state index contributed by atoms with van der Waals surface area (Å²) in [6, 6.07) is 16.9. The third-order valence-corrected chi connectivity index (χ3v) is 4.02. The smallest absolute Gasteiger partial charge is 0.262 e. The highest BCUT2D eigenvalue weighted by atomic mass is 16.5. The van der Waals surface area contributed by atoms with Crippen LogP contribution in [-0.4, -0.2) is 29.8 Å². The second kappa shape index (κ2) is 8.31. The van der Waals surface area contributed by atoms with Gasteiger partial charge in [0.1, 0.15) is 5.75 Å². The number of benzene rings is 2. The van der Waals surface area contributed by atoms with E-state index in [1.54, 1.807) is 13.2 Å². The van der Waals surface area contributed by atoms with Crippen LogP contribution in [0.1, 0.15) is 11.1 Å². The van der Waals surface area contributed by atoms with E-state index in [4.69, 9.17) is 9.47 Å². The lowest BCUT2D eigenvalue weighted by molar-refractivity contribution is -0.118. The summed E-state index contributed by atoms with van der Waals surface area (Å²) < 4.78 is 10.6. The molecule has 6 nitrogen and oxygen atoms in total. The maximum Gasteiger partial charge on any atom is 0.262 e. The Bertz CT molecular complexity index is 922. The van der Waals surface area contributed by atoms with Gasteiger partial charge in [-0.2, -0.15) is 0 Å². The topological polar surface area (TPSA) is 73.3 Å². The summed E-state index contributed by atoms with van der Waals surface area (Å²) in [5, 5.41) is 10.9. The van der Waals surface area contributed by atoms with E-state index in [1.807, 2.05) is 62.4 Å². The number of aromatic nitrogens is 2. The molecule has 138 valence electrons. The second-order valence-corrected chi connectivity index (χ2v) is 6.14. The number of nitrogens with one attached hydrogen (secondary N) is 1. The molecular weight excluding hydrogens is 342 g/mol. The van der Waals surface area contributed by atoms with E-state index in [9.17, 15) is 4.79 Å². The number of anilines is 1. The average molecular weight is 363 g/mol. The quantitative estimate of drug-likeness (QED) is 0.721. The first-order valence-corrected chi connectivity index (χ1v) is 8.53. The van der Waals surface area contributed by atoms with Crippen molar-refractivity contribution in [2.75, 3.05) is 19.0 Å². The minimum atomic E-state index is -0.215. The lowest BCUT2D eigenvalue weighted by atomic mass is 10.1. The Morgan fingerprint density at radius 1 is 1.00 bits per heavy atom. The zero-order chi connectivity index (χ0) is 19.2. The van der Waals surface area contributed by atoms with Gasteiger partial charge in [-0.3, -0.25) is 4.79 Å². The van der Waals surface area contributed by atoms with Gasteiger partial charge in [-0.05, 0) is 49.2 Å². The minimum absolute atomic E-state index is 0.0456. The molecule has 1 amide bonds. The van der Waals surface area contributed by atoms with Crippen molar-refractivity contribution in [1.29, 1.82) is 0 Å². The predicted molar refractivity (Wildman–Crippen MR) is 104 cm³/mol. The molecule has 0 saturated heterocycles. The summed E-state index contributed by atoms with van der Waals surface area (Å²) in [5.41, 5.74) is 4.41. The van der Waals surface area contributed by atoms with Crippen molar-refractivity contribution < 1.29 is 14.3 Å². The fourth-order valence-electron chi connectivity index (χ4n) is 2.51. The van der Waals surface area contributed by atoms with E-state index < -0.39 is 0 Å². The summed E-state index contributed by atoms with van der Waals surface area (Å²) in [7, 11) is 1.55. The van der Waals surface area contributed by atoms with Gasteiger partial charge >= 0.3 is 0 Å². The van der Waals surface area contributed by atoms with Gasteiger partial charge in [0.2, 0.25) is 5.88 Å². The number of nitrogens with zero attached hydrogens (tertiary/aromatic N) is 2. The van der Waals surface area contributed by atoms with Crippen LogP contribution in [0, 0.1) is 13.8 Å². The summed E-state index contributed by atoms with van der Waals surface area (Å²) >= 11 is 0. The van der Waals surface area contributed by atoms with Gasteiger partial charge in [0.25, 0.3) is 5.91 Å². The molecule has 0 atom stereocenters. The highest BCUT2D eigenvalue weighted by Gasteiger charge is 2.07. The third kappa shape index (κ3) is 4.82. The fourth-order valence-corrected chi connectivity index (χ4v) is 2.51. The van der Waals surface area contributed by atoms with E-state index in [-0.39, 0.29) is 12.5 Å². The molecule has 0 radical (unpaired) electrons. The van der Waals surface area contributed by atoms with Gasteiger partial charge in [-0.15, -0.1) is 10.2 Å². The van der Waals surface area contributed by atoms with Crippen molar-refractivity contribution >= 4 is 11.6 Å². The normalized spacial score (nSPS) is 10.3. The molecule has 0 spiro atoms. The zero-order valence-electron chi connectivity index (χ0n) is 15.5. The molecule has 0 saturated carbocycles. The van der Waals surface area contributed by atoms with E-state index in [2.05, 4.69) is 15.5 Å². The Balaban J connectivity index is 1.58. The fraction of sp³-hybridized carbons (Fsp3) is 0.190. The Hall–Kier alpha value is -3.41. The SMILES string of the molecule is COc1ccc(-c2ccc(NC(=O)COc3cc(C)ccc3C)cc2)nn1.